The second-order valence-corrected chi connectivity index (χ2v) is 5.49. The third-order valence-electron chi connectivity index (χ3n) is 3.45. The minimum atomic E-state index is -0.786. The monoisotopic (exact) mass is 275 g/mol. The van der Waals surface area contributed by atoms with Crippen molar-refractivity contribution in [3.63, 3.8) is 0 Å². The zero-order chi connectivity index (χ0) is 14.9. The largest absolute Gasteiger partial charge is 0.481 e. The van der Waals surface area contributed by atoms with Gasteiger partial charge in [-0.15, -0.1) is 0 Å². The summed E-state index contributed by atoms with van der Waals surface area (Å²) in [5.41, 5.74) is 4.36. The molecule has 0 aliphatic carbocycles. The molecule has 2 aromatic rings. The van der Waals surface area contributed by atoms with E-state index in [2.05, 4.69) is 31.0 Å². The number of fused-ring (bicyclic) bond motifs is 1. The van der Waals surface area contributed by atoms with E-state index in [-0.39, 0.29) is 6.42 Å². The van der Waals surface area contributed by atoms with Crippen LogP contribution in [0.25, 0.3) is 11.0 Å². The Labute approximate surface area is 118 Å². The number of aromatic nitrogens is 2. The molecule has 1 N–H and O–H groups in total. The topological polar surface area (TPSA) is 58.4 Å². The molecule has 0 saturated carbocycles. The summed E-state index contributed by atoms with van der Waals surface area (Å²) in [5.74, 6) is 0.128. The quantitative estimate of drug-likeness (QED) is 0.908. The highest BCUT2D eigenvalue weighted by Gasteiger charge is 2.13. The van der Waals surface area contributed by atoms with Gasteiger partial charge in [0, 0.05) is 6.54 Å². The van der Waals surface area contributed by atoms with Crippen LogP contribution in [0.1, 0.15) is 23.4 Å². The van der Waals surface area contributed by atoms with Crippen LogP contribution in [-0.2, 0) is 17.9 Å². The van der Waals surface area contributed by atoms with Gasteiger partial charge in [-0.05, 0) is 51.2 Å². The SMILES string of the molecule is Cc1cc2nc(CN(C)C)n(CCC(=O)O)c2cc1C. The average Bonchev–Trinajstić information content (AvgIpc) is 2.63. The van der Waals surface area contributed by atoms with E-state index in [1.807, 2.05) is 23.6 Å². The molecule has 0 unspecified atom stereocenters. The Morgan fingerprint density at radius 3 is 2.55 bits per heavy atom. The number of imidazole rings is 1. The van der Waals surface area contributed by atoms with Gasteiger partial charge in [0.15, 0.2) is 0 Å². The van der Waals surface area contributed by atoms with Crippen LogP contribution in [0.4, 0.5) is 0 Å². The van der Waals surface area contributed by atoms with Crippen LogP contribution in [0.3, 0.4) is 0 Å². The lowest BCUT2D eigenvalue weighted by Crippen LogP contribution is -2.16. The number of aliphatic carboxylic acids is 1. The number of carboxylic acids is 1. The maximum Gasteiger partial charge on any atom is 0.305 e. The first-order valence-electron chi connectivity index (χ1n) is 6.71. The van der Waals surface area contributed by atoms with Crippen molar-refractivity contribution in [3.8, 4) is 0 Å². The summed E-state index contributed by atoms with van der Waals surface area (Å²) in [6.07, 6.45) is 0.110. The molecule has 0 amide bonds. The molecule has 2 rings (SSSR count). The zero-order valence-corrected chi connectivity index (χ0v) is 12.5. The van der Waals surface area contributed by atoms with Crippen molar-refractivity contribution in [2.45, 2.75) is 33.4 Å². The summed E-state index contributed by atoms with van der Waals surface area (Å²) >= 11 is 0. The third-order valence-corrected chi connectivity index (χ3v) is 3.45. The Kier molecular flexibility index (Phi) is 4.09. The molecule has 1 aromatic heterocycles. The molecule has 0 aliphatic heterocycles. The second kappa shape index (κ2) is 5.63. The molecule has 20 heavy (non-hydrogen) atoms. The molecule has 0 atom stereocenters. The Bertz CT molecular complexity index is 644. The Morgan fingerprint density at radius 1 is 1.30 bits per heavy atom. The van der Waals surface area contributed by atoms with Gasteiger partial charge in [0.2, 0.25) is 0 Å². The van der Waals surface area contributed by atoms with Crippen molar-refractivity contribution in [2.24, 2.45) is 0 Å². The van der Waals surface area contributed by atoms with E-state index in [1.54, 1.807) is 0 Å². The van der Waals surface area contributed by atoms with E-state index in [0.717, 1.165) is 16.9 Å². The fourth-order valence-electron chi connectivity index (χ4n) is 2.29. The molecular weight excluding hydrogens is 254 g/mol. The van der Waals surface area contributed by atoms with Crippen LogP contribution in [0.2, 0.25) is 0 Å². The van der Waals surface area contributed by atoms with Crippen LogP contribution in [-0.4, -0.2) is 39.6 Å². The lowest BCUT2D eigenvalue weighted by Gasteiger charge is -2.12. The summed E-state index contributed by atoms with van der Waals surface area (Å²) in [5, 5.41) is 8.91. The number of aryl methyl sites for hydroxylation is 3. The van der Waals surface area contributed by atoms with E-state index in [4.69, 9.17) is 5.11 Å². The lowest BCUT2D eigenvalue weighted by molar-refractivity contribution is -0.137. The van der Waals surface area contributed by atoms with E-state index in [9.17, 15) is 4.79 Å². The number of carbonyl (C=O) groups is 1. The molecule has 0 aliphatic rings. The molecule has 0 radical (unpaired) electrons. The number of benzene rings is 1. The molecule has 0 spiro atoms. The zero-order valence-electron chi connectivity index (χ0n) is 12.5. The smallest absolute Gasteiger partial charge is 0.305 e. The van der Waals surface area contributed by atoms with Gasteiger partial charge in [0.25, 0.3) is 0 Å². The predicted molar refractivity (Wildman–Crippen MR) is 78.9 cm³/mol. The highest BCUT2D eigenvalue weighted by atomic mass is 16.4. The first-order valence-corrected chi connectivity index (χ1v) is 6.71. The minimum absolute atomic E-state index is 0.110. The van der Waals surface area contributed by atoms with Gasteiger partial charge in [0.1, 0.15) is 5.82 Å². The maximum atomic E-state index is 10.8. The van der Waals surface area contributed by atoms with Crippen LogP contribution < -0.4 is 0 Å². The van der Waals surface area contributed by atoms with E-state index in [1.165, 1.54) is 11.1 Å². The van der Waals surface area contributed by atoms with Crippen molar-refractivity contribution in [1.29, 1.82) is 0 Å². The number of nitrogens with zero attached hydrogens (tertiary/aromatic N) is 3. The van der Waals surface area contributed by atoms with Gasteiger partial charge in [-0.2, -0.15) is 0 Å². The van der Waals surface area contributed by atoms with Crippen LogP contribution in [0.5, 0.6) is 0 Å². The summed E-state index contributed by atoms with van der Waals surface area (Å²) in [6, 6.07) is 4.17. The molecule has 0 saturated heterocycles. The molecule has 108 valence electrons. The first kappa shape index (κ1) is 14.5. The summed E-state index contributed by atoms with van der Waals surface area (Å²) in [4.78, 5) is 17.5. The maximum absolute atomic E-state index is 10.8. The highest BCUT2D eigenvalue weighted by Crippen LogP contribution is 2.21. The molecular formula is C15H21N3O2. The van der Waals surface area contributed by atoms with Gasteiger partial charge < -0.3 is 14.6 Å². The van der Waals surface area contributed by atoms with Crippen molar-refractivity contribution < 1.29 is 9.90 Å². The molecule has 1 heterocycles. The van der Waals surface area contributed by atoms with Gasteiger partial charge in [0.05, 0.1) is 24.0 Å². The summed E-state index contributed by atoms with van der Waals surface area (Å²) < 4.78 is 2.02. The van der Waals surface area contributed by atoms with Crippen LogP contribution in [0.15, 0.2) is 12.1 Å². The molecule has 0 bridgehead atoms. The van der Waals surface area contributed by atoms with E-state index >= 15 is 0 Å². The molecule has 5 heteroatoms. The predicted octanol–water partition coefficient (Wildman–Crippen LogP) is 2.19. The van der Waals surface area contributed by atoms with Gasteiger partial charge in [-0.3, -0.25) is 4.79 Å². The summed E-state index contributed by atoms with van der Waals surface area (Å²) in [7, 11) is 3.97. The van der Waals surface area contributed by atoms with Gasteiger partial charge >= 0.3 is 5.97 Å². The Hall–Kier alpha value is -1.88. The van der Waals surface area contributed by atoms with E-state index < -0.39 is 5.97 Å². The van der Waals surface area contributed by atoms with Crippen molar-refractivity contribution in [2.75, 3.05) is 14.1 Å². The standard InChI is InChI=1S/C15H21N3O2/c1-10-7-12-13(8-11(10)2)18(6-5-15(19)20)14(16-12)9-17(3)4/h7-8H,5-6,9H2,1-4H3,(H,19,20). The number of rotatable bonds is 5. The normalized spacial score (nSPS) is 11.4. The fourth-order valence-corrected chi connectivity index (χ4v) is 2.29. The number of hydrogen-bond donors (Lipinski definition) is 1. The fraction of sp³-hybridized carbons (Fsp3) is 0.467. The van der Waals surface area contributed by atoms with E-state index in [0.29, 0.717) is 13.1 Å². The van der Waals surface area contributed by atoms with Crippen LogP contribution in [0, 0.1) is 13.8 Å². The lowest BCUT2D eigenvalue weighted by atomic mass is 10.1. The first-order chi connectivity index (χ1) is 9.38. The molecule has 1 aromatic carbocycles. The Morgan fingerprint density at radius 2 is 1.95 bits per heavy atom. The minimum Gasteiger partial charge on any atom is -0.481 e. The third kappa shape index (κ3) is 2.99. The average molecular weight is 275 g/mol. The molecule has 0 fully saturated rings. The number of carboxylic acid groups (broad SMARTS) is 1. The molecule has 5 nitrogen and oxygen atoms in total. The van der Waals surface area contributed by atoms with Crippen molar-refractivity contribution in [3.05, 3.63) is 29.1 Å². The summed E-state index contributed by atoms with van der Waals surface area (Å²) in [6.45, 7) is 5.29. The Balaban J connectivity index is 2.52. The second-order valence-electron chi connectivity index (χ2n) is 5.49. The van der Waals surface area contributed by atoms with Crippen molar-refractivity contribution >= 4 is 17.0 Å². The van der Waals surface area contributed by atoms with Crippen LogP contribution >= 0.6 is 0 Å². The van der Waals surface area contributed by atoms with Crippen molar-refractivity contribution in [1.82, 2.24) is 14.5 Å². The van der Waals surface area contributed by atoms with Gasteiger partial charge in [-0.1, -0.05) is 0 Å². The van der Waals surface area contributed by atoms with Gasteiger partial charge in [-0.25, -0.2) is 4.98 Å². The number of hydrogen-bond acceptors (Lipinski definition) is 3. The highest BCUT2D eigenvalue weighted by molar-refractivity contribution is 5.78.